The number of carbonyl (C=O) groups is 3. The lowest BCUT2D eigenvalue weighted by molar-refractivity contribution is -0.136. The number of hydrogen-bond donors (Lipinski definition) is 1. The maximum atomic E-state index is 12.9. The van der Waals surface area contributed by atoms with Crippen molar-refractivity contribution in [1.82, 2.24) is 9.80 Å². The first-order valence-corrected chi connectivity index (χ1v) is 9.04. The van der Waals surface area contributed by atoms with Gasteiger partial charge >= 0.3 is 6.03 Å². The van der Waals surface area contributed by atoms with Gasteiger partial charge in [-0.15, -0.1) is 0 Å². The van der Waals surface area contributed by atoms with Crippen molar-refractivity contribution in [3.8, 4) is 11.5 Å². The van der Waals surface area contributed by atoms with Crippen molar-refractivity contribution >= 4 is 23.5 Å². The van der Waals surface area contributed by atoms with Crippen molar-refractivity contribution in [2.45, 2.75) is 37.6 Å². The predicted molar refractivity (Wildman–Crippen MR) is 98.9 cm³/mol. The summed E-state index contributed by atoms with van der Waals surface area (Å²) in [7, 11) is 4.68. The van der Waals surface area contributed by atoms with Crippen LogP contribution in [0.15, 0.2) is 18.2 Å². The maximum Gasteiger partial charge on any atom is 0.327 e. The molecule has 4 amide bonds. The van der Waals surface area contributed by atoms with Crippen LogP contribution in [0, 0.1) is 0 Å². The Morgan fingerprint density at radius 3 is 2.41 bits per heavy atom. The van der Waals surface area contributed by atoms with Crippen LogP contribution in [0.1, 0.15) is 32.1 Å². The van der Waals surface area contributed by atoms with Gasteiger partial charge in [0, 0.05) is 18.8 Å². The molecule has 1 saturated carbocycles. The third kappa shape index (κ3) is 3.31. The highest BCUT2D eigenvalue weighted by Gasteiger charge is 2.55. The lowest BCUT2D eigenvalue weighted by Crippen LogP contribution is -2.49. The number of amides is 4. The van der Waals surface area contributed by atoms with Crippen molar-refractivity contribution in [3.05, 3.63) is 18.2 Å². The van der Waals surface area contributed by atoms with Crippen molar-refractivity contribution in [2.75, 3.05) is 33.1 Å². The Labute approximate surface area is 158 Å². The second kappa shape index (κ2) is 7.46. The van der Waals surface area contributed by atoms with Crippen LogP contribution in [0.25, 0.3) is 0 Å². The second-order valence-electron chi connectivity index (χ2n) is 6.94. The zero-order chi connectivity index (χ0) is 19.6. The summed E-state index contributed by atoms with van der Waals surface area (Å²) in [4.78, 5) is 40.5. The molecule has 3 rings (SSSR count). The maximum absolute atomic E-state index is 12.9. The molecule has 1 saturated heterocycles. The highest BCUT2D eigenvalue weighted by molar-refractivity contribution is 6.10. The molecule has 1 N–H and O–H groups in total. The molecule has 1 aromatic rings. The number of nitrogens with one attached hydrogen (secondary N) is 1. The number of ether oxygens (including phenoxy) is 2. The summed E-state index contributed by atoms with van der Waals surface area (Å²) in [5.41, 5.74) is -0.281. The first kappa shape index (κ1) is 19.0. The quantitative estimate of drug-likeness (QED) is 0.798. The minimum absolute atomic E-state index is 0.267. The molecule has 0 bridgehead atoms. The molecule has 1 heterocycles. The molecule has 27 heavy (non-hydrogen) atoms. The number of anilines is 1. The van der Waals surface area contributed by atoms with Gasteiger partial charge in [-0.05, 0) is 25.0 Å². The SMILES string of the molecule is COc1ccc(NC(=O)CN2C(=O)N(C)C3(CCCCC3)C2=O)cc1OC. The summed E-state index contributed by atoms with van der Waals surface area (Å²) in [5, 5.41) is 2.70. The van der Waals surface area contributed by atoms with Crippen LogP contribution in [0.4, 0.5) is 10.5 Å². The lowest BCUT2D eigenvalue weighted by Gasteiger charge is -2.35. The van der Waals surface area contributed by atoms with E-state index in [-0.39, 0.29) is 12.5 Å². The van der Waals surface area contributed by atoms with E-state index < -0.39 is 17.5 Å². The van der Waals surface area contributed by atoms with Gasteiger partial charge in [-0.25, -0.2) is 4.79 Å². The van der Waals surface area contributed by atoms with Crippen LogP contribution in [-0.2, 0) is 9.59 Å². The van der Waals surface area contributed by atoms with E-state index in [0.717, 1.165) is 24.2 Å². The summed E-state index contributed by atoms with van der Waals surface area (Å²) in [5.74, 6) is 0.313. The average molecular weight is 375 g/mol. The van der Waals surface area contributed by atoms with Crippen LogP contribution >= 0.6 is 0 Å². The Bertz CT molecular complexity index is 758. The van der Waals surface area contributed by atoms with Gasteiger partial charge in [0.05, 0.1) is 14.2 Å². The Morgan fingerprint density at radius 2 is 1.78 bits per heavy atom. The molecule has 2 fully saturated rings. The third-order valence-corrected chi connectivity index (χ3v) is 5.45. The molecule has 0 aromatic heterocycles. The standard InChI is InChI=1S/C19H25N3O5/c1-21-18(25)22(17(24)19(21)9-5-4-6-10-19)12-16(23)20-13-7-8-14(26-2)15(11-13)27-3/h7-8,11H,4-6,9-10,12H2,1-3H3,(H,20,23). The van der Waals surface area contributed by atoms with Gasteiger partial charge in [0.25, 0.3) is 5.91 Å². The van der Waals surface area contributed by atoms with E-state index >= 15 is 0 Å². The number of methoxy groups -OCH3 is 2. The summed E-state index contributed by atoms with van der Waals surface area (Å²) in [6.45, 7) is -0.307. The van der Waals surface area contributed by atoms with Crippen molar-refractivity contribution < 1.29 is 23.9 Å². The Balaban J connectivity index is 1.71. The molecule has 0 atom stereocenters. The summed E-state index contributed by atoms with van der Waals surface area (Å²) in [6.07, 6.45) is 4.20. The third-order valence-electron chi connectivity index (χ3n) is 5.45. The molecule has 1 spiro atoms. The number of rotatable bonds is 5. The first-order valence-electron chi connectivity index (χ1n) is 9.04. The monoisotopic (exact) mass is 375 g/mol. The van der Waals surface area contributed by atoms with Crippen LogP contribution in [0.3, 0.4) is 0 Å². The number of likely N-dealkylation sites (N-methyl/N-ethyl adjacent to an activating group) is 1. The number of urea groups is 1. The smallest absolute Gasteiger partial charge is 0.327 e. The van der Waals surface area contributed by atoms with Crippen molar-refractivity contribution in [1.29, 1.82) is 0 Å². The molecular weight excluding hydrogens is 350 g/mol. The first-order chi connectivity index (χ1) is 12.9. The van der Waals surface area contributed by atoms with Crippen molar-refractivity contribution in [2.24, 2.45) is 0 Å². The highest BCUT2D eigenvalue weighted by atomic mass is 16.5. The van der Waals surface area contributed by atoms with E-state index in [0.29, 0.717) is 30.0 Å². The van der Waals surface area contributed by atoms with E-state index in [1.165, 1.54) is 19.1 Å². The van der Waals surface area contributed by atoms with Crippen LogP contribution in [0.2, 0.25) is 0 Å². The molecule has 8 heteroatoms. The zero-order valence-electron chi connectivity index (χ0n) is 15.9. The number of nitrogens with zero attached hydrogens (tertiary/aromatic N) is 2. The number of imide groups is 1. The van der Waals surface area contributed by atoms with E-state index in [2.05, 4.69) is 5.32 Å². The summed E-state index contributed by atoms with van der Waals surface area (Å²) in [6, 6.07) is 4.55. The minimum Gasteiger partial charge on any atom is -0.493 e. The molecule has 0 radical (unpaired) electrons. The topological polar surface area (TPSA) is 88.2 Å². The van der Waals surface area contributed by atoms with Crippen LogP contribution < -0.4 is 14.8 Å². The predicted octanol–water partition coefficient (Wildman–Crippen LogP) is 2.24. The lowest BCUT2D eigenvalue weighted by atomic mass is 9.81. The van der Waals surface area contributed by atoms with Gasteiger partial charge in [-0.3, -0.25) is 14.5 Å². The highest BCUT2D eigenvalue weighted by Crippen LogP contribution is 2.39. The Kier molecular flexibility index (Phi) is 5.25. The molecule has 1 aromatic carbocycles. The van der Waals surface area contributed by atoms with Crippen LogP contribution in [0.5, 0.6) is 11.5 Å². The van der Waals surface area contributed by atoms with Gasteiger partial charge in [0.1, 0.15) is 12.1 Å². The zero-order valence-corrected chi connectivity index (χ0v) is 15.9. The molecule has 1 aliphatic carbocycles. The Hall–Kier alpha value is -2.77. The summed E-state index contributed by atoms with van der Waals surface area (Å²) < 4.78 is 10.4. The molecule has 1 aliphatic heterocycles. The van der Waals surface area contributed by atoms with Gasteiger partial charge in [0.15, 0.2) is 11.5 Å². The number of carbonyl (C=O) groups excluding carboxylic acids is 3. The van der Waals surface area contributed by atoms with Gasteiger partial charge < -0.3 is 19.7 Å². The van der Waals surface area contributed by atoms with Crippen molar-refractivity contribution in [3.63, 3.8) is 0 Å². The molecule has 8 nitrogen and oxygen atoms in total. The van der Waals surface area contributed by atoms with Gasteiger partial charge in [-0.1, -0.05) is 19.3 Å². The average Bonchev–Trinajstić information content (AvgIpc) is 2.85. The minimum atomic E-state index is -0.779. The van der Waals surface area contributed by atoms with E-state index in [9.17, 15) is 14.4 Å². The second-order valence-corrected chi connectivity index (χ2v) is 6.94. The number of hydrogen-bond acceptors (Lipinski definition) is 5. The summed E-state index contributed by atoms with van der Waals surface area (Å²) >= 11 is 0. The largest absolute Gasteiger partial charge is 0.493 e. The van der Waals surface area contributed by atoms with E-state index in [1.54, 1.807) is 25.2 Å². The fraction of sp³-hybridized carbons (Fsp3) is 0.526. The molecule has 2 aliphatic rings. The Morgan fingerprint density at radius 1 is 1.11 bits per heavy atom. The fourth-order valence-corrected chi connectivity index (χ4v) is 3.93. The van der Waals surface area contributed by atoms with Gasteiger partial charge in [-0.2, -0.15) is 0 Å². The molecule has 0 unspecified atom stereocenters. The van der Waals surface area contributed by atoms with E-state index in [1.807, 2.05) is 0 Å². The fourth-order valence-electron chi connectivity index (χ4n) is 3.93. The molecule has 146 valence electrons. The van der Waals surface area contributed by atoms with Gasteiger partial charge in [0.2, 0.25) is 5.91 Å². The van der Waals surface area contributed by atoms with E-state index in [4.69, 9.17) is 9.47 Å². The normalized spacial score (nSPS) is 18.8. The molecular formula is C19H25N3O5. The number of benzene rings is 1. The van der Waals surface area contributed by atoms with Crippen LogP contribution in [-0.4, -0.2) is 61.0 Å².